The Bertz CT molecular complexity index is 790. The number of thiophene rings is 1. The van der Waals surface area contributed by atoms with Gasteiger partial charge in [0.15, 0.2) is 0 Å². The summed E-state index contributed by atoms with van der Waals surface area (Å²) < 4.78 is 0. The zero-order valence-electron chi connectivity index (χ0n) is 13.3. The third kappa shape index (κ3) is 2.54. The number of hydrogen-bond acceptors (Lipinski definition) is 4. The fourth-order valence-electron chi connectivity index (χ4n) is 3.47. The molecule has 24 heavy (non-hydrogen) atoms. The van der Waals surface area contributed by atoms with Crippen molar-refractivity contribution in [2.45, 2.75) is 30.7 Å². The third-order valence-corrected chi connectivity index (χ3v) is 7.13. The molecule has 1 aromatic carbocycles. The van der Waals surface area contributed by atoms with Crippen molar-refractivity contribution in [3.63, 3.8) is 0 Å². The molecule has 1 aromatic heterocycles. The molecule has 0 saturated carbocycles. The Kier molecular flexibility index (Phi) is 3.89. The number of hydrogen-bond donors (Lipinski definition) is 1. The summed E-state index contributed by atoms with van der Waals surface area (Å²) in [7, 11) is 0. The first-order valence-electron chi connectivity index (χ1n) is 7.98. The topological polar surface area (TPSA) is 49.4 Å². The number of nitrogens with zero attached hydrogens (tertiary/aromatic N) is 1. The molecule has 2 saturated heterocycles. The van der Waals surface area contributed by atoms with E-state index in [1.54, 1.807) is 28.0 Å². The van der Waals surface area contributed by atoms with Crippen LogP contribution in [0.25, 0.3) is 10.4 Å². The number of amides is 2. The normalized spacial score (nSPS) is 25.8. The molecule has 0 spiro atoms. The van der Waals surface area contributed by atoms with Gasteiger partial charge in [-0.1, -0.05) is 24.3 Å². The minimum atomic E-state index is -0.383. The number of carbonyl (C=O) groups excluding carboxylic acids is 2. The number of para-hydroxylation sites is 1. The molecule has 2 unspecified atom stereocenters. The highest BCUT2D eigenvalue weighted by atomic mass is 32.2. The van der Waals surface area contributed by atoms with Gasteiger partial charge in [0.25, 0.3) is 0 Å². The molecule has 2 fully saturated rings. The van der Waals surface area contributed by atoms with Gasteiger partial charge in [-0.25, -0.2) is 0 Å². The van der Waals surface area contributed by atoms with Crippen molar-refractivity contribution >= 4 is 40.6 Å². The van der Waals surface area contributed by atoms with Gasteiger partial charge in [0.1, 0.15) is 6.04 Å². The monoisotopic (exact) mass is 358 g/mol. The van der Waals surface area contributed by atoms with Gasteiger partial charge in [0, 0.05) is 28.3 Å². The smallest absolute Gasteiger partial charge is 0.248 e. The Morgan fingerprint density at radius 2 is 2.12 bits per heavy atom. The average molecular weight is 358 g/mol. The van der Waals surface area contributed by atoms with Gasteiger partial charge in [0.05, 0.1) is 4.87 Å². The summed E-state index contributed by atoms with van der Waals surface area (Å²) in [6.45, 7) is 2.06. The van der Waals surface area contributed by atoms with Crippen LogP contribution in [0.2, 0.25) is 0 Å². The zero-order valence-corrected chi connectivity index (χ0v) is 15.0. The first-order chi connectivity index (χ1) is 11.6. The maximum Gasteiger partial charge on any atom is 0.248 e. The van der Waals surface area contributed by atoms with Crippen molar-refractivity contribution in [2.75, 3.05) is 11.1 Å². The van der Waals surface area contributed by atoms with Gasteiger partial charge in [-0.2, -0.15) is 0 Å². The van der Waals surface area contributed by atoms with E-state index in [0.29, 0.717) is 12.2 Å². The minimum Gasteiger partial charge on any atom is -0.324 e. The number of nitrogens with one attached hydrogen (secondary N) is 1. The van der Waals surface area contributed by atoms with Crippen LogP contribution in [-0.4, -0.2) is 33.4 Å². The van der Waals surface area contributed by atoms with E-state index < -0.39 is 0 Å². The van der Waals surface area contributed by atoms with Crippen LogP contribution in [0.3, 0.4) is 0 Å². The molecule has 4 rings (SSSR count). The van der Waals surface area contributed by atoms with Crippen molar-refractivity contribution in [1.82, 2.24) is 4.90 Å². The second kappa shape index (κ2) is 5.93. The summed E-state index contributed by atoms with van der Waals surface area (Å²) >= 11 is 3.36. The van der Waals surface area contributed by atoms with Crippen LogP contribution >= 0.6 is 23.1 Å². The predicted octanol–water partition coefficient (Wildman–Crippen LogP) is 3.81. The van der Waals surface area contributed by atoms with Crippen molar-refractivity contribution in [1.29, 1.82) is 0 Å². The first kappa shape index (κ1) is 15.7. The molecule has 124 valence electrons. The van der Waals surface area contributed by atoms with Gasteiger partial charge in [-0.05, 0) is 30.9 Å². The molecular formula is C18H18N2O2S2. The summed E-state index contributed by atoms with van der Waals surface area (Å²) in [6.07, 6.45) is 1.37. The van der Waals surface area contributed by atoms with Crippen LogP contribution in [0.4, 0.5) is 5.69 Å². The fraction of sp³-hybridized carbons (Fsp3) is 0.333. The number of thioether (sulfide) groups is 1. The maximum atomic E-state index is 12.9. The first-order valence-corrected chi connectivity index (χ1v) is 9.85. The maximum absolute atomic E-state index is 12.9. The summed E-state index contributed by atoms with van der Waals surface area (Å²) in [5.41, 5.74) is 1.82. The highest BCUT2D eigenvalue weighted by Crippen LogP contribution is 2.47. The lowest BCUT2D eigenvalue weighted by Crippen LogP contribution is -2.48. The van der Waals surface area contributed by atoms with E-state index in [-0.39, 0.29) is 22.7 Å². The summed E-state index contributed by atoms with van der Waals surface area (Å²) in [6, 6.07) is 11.5. The minimum absolute atomic E-state index is 0.0918. The molecule has 1 N–H and O–H groups in total. The van der Waals surface area contributed by atoms with Crippen molar-refractivity contribution < 1.29 is 9.59 Å². The largest absolute Gasteiger partial charge is 0.324 e. The SMILES string of the molecule is CC12CCC(=O)N1C(C(=O)Nc1ccccc1-c1cccs1)CS2. The molecule has 0 radical (unpaired) electrons. The molecule has 2 atom stereocenters. The van der Waals surface area contributed by atoms with Gasteiger partial charge in [0.2, 0.25) is 11.8 Å². The van der Waals surface area contributed by atoms with E-state index in [1.807, 2.05) is 41.8 Å². The average Bonchev–Trinajstić information content (AvgIpc) is 3.26. The van der Waals surface area contributed by atoms with Crippen molar-refractivity contribution in [3.8, 4) is 10.4 Å². The Morgan fingerprint density at radius 1 is 1.29 bits per heavy atom. The molecule has 2 aliphatic heterocycles. The molecule has 2 amide bonds. The quantitative estimate of drug-likeness (QED) is 0.908. The van der Waals surface area contributed by atoms with E-state index in [4.69, 9.17) is 0 Å². The predicted molar refractivity (Wildman–Crippen MR) is 99.1 cm³/mol. The molecular weight excluding hydrogens is 340 g/mol. The molecule has 0 aliphatic carbocycles. The van der Waals surface area contributed by atoms with Crippen LogP contribution in [0.1, 0.15) is 19.8 Å². The van der Waals surface area contributed by atoms with Crippen molar-refractivity contribution in [2.24, 2.45) is 0 Å². The summed E-state index contributed by atoms with van der Waals surface area (Å²) in [5.74, 6) is 0.662. The Labute approximate surface area is 149 Å². The summed E-state index contributed by atoms with van der Waals surface area (Å²) in [4.78, 5) is 27.8. The molecule has 2 aromatic rings. The van der Waals surface area contributed by atoms with Gasteiger partial charge >= 0.3 is 0 Å². The number of benzene rings is 1. The lowest BCUT2D eigenvalue weighted by atomic mass is 10.1. The summed E-state index contributed by atoms with van der Waals surface area (Å²) in [5, 5.41) is 5.08. The number of carbonyl (C=O) groups is 2. The van der Waals surface area contributed by atoms with Gasteiger partial charge in [-0.15, -0.1) is 23.1 Å². The number of fused-ring (bicyclic) bond motifs is 1. The lowest BCUT2D eigenvalue weighted by Gasteiger charge is -2.30. The third-order valence-electron chi connectivity index (χ3n) is 4.72. The second-order valence-electron chi connectivity index (χ2n) is 6.28. The van der Waals surface area contributed by atoms with Crippen LogP contribution in [-0.2, 0) is 9.59 Å². The van der Waals surface area contributed by atoms with Crippen molar-refractivity contribution in [3.05, 3.63) is 41.8 Å². The molecule has 2 aliphatic rings. The van der Waals surface area contributed by atoms with Crippen LogP contribution in [0, 0.1) is 0 Å². The van der Waals surface area contributed by atoms with E-state index in [1.165, 1.54) is 0 Å². The Morgan fingerprint density at radius 3 is 2.92 bits per heavy atom. The van der Waals surface area contributed by atoms with Gasteiger partial charge < -0.3 is 10.2 Å². The number of anilines is 1. The lowest BCUT2D eigenvalue weighted by molar-refractivity contribution is -0.135. The second-order valence-corrected chi connectivity index (χ2v) is 8.73. The van der Waals surface area contributed by atoms with Crippen LogP contribution in [0.5, 0.6) is 0 Å². The highest BCUT2D eigenvalue weighted by molar-refractivity contribution is 8.01. The van der Waals surface area contributed by atoms with E-state index >= 15 is 0 Å². The van der Waals surface area contributed by atoms with Crippen LogP contribution in [0.15, 0.2) is 41.8 Å². The zero-order chi connectivity index (χ0) is 16.7. The fourth-order valence-corrected chi connectivity index (χ4v) is 5.67. The van der Waals surface area contributed by atoms with Crippen LogP contribution < -0.4 is 5.32 Å². The van der Waals surface area contributed by atoms with Gasteiger partial charge in [-0.3, -0.25) is 9.59 Å². The Hall–Kier alpha value is -1.79. The highest BCUT2D eigenvalue weighted by Gasteiger charge is 2.52. The standard InChI is InChI=1S/C18H18N2O2S2/c1-18-9-8-16(21)20(18)14(11-24-18)17(22)19-13-6-3-2-5-12(13)15-7-4-10-23-15/h2-7,10,14H,8-9,11H2,1H3,(H,19,22). The Balaban J connectivity index is 1.59. The molecule has 0 bridgehead atoms. The van der Waals surface area contributed by atoms with E-state index in [9.17, 15) is 9.59 Å². The molecule has 4 nitrogen and oxygen atoms in total. The van der Waals surface area contributed by atoms with E-state index in [0.717, 1.165) is 22.5 Å². The van der Waals surface area contributed by atoms with E-state index in [2.05, 4.69) is 12.2 Å². The molecule has 3 heterocycles. The number of rotatable bonds is 3. The molecule has 6 heteroatoms.